The summed E-state index contributed by atoms with van der Waals surface area (Å²) in [5.41, 5.74) is 6.98. The molecule has 1 saturated heterocycles. The lowest BCUT2D eigenvalue weighted by Gasteiger charge is -2.31. The third-order valence-corrected chi connectivity index (χ3v) is 3.71. The van der Waals surface area contributed by atoms with Crippen molar-refractivity contribution in [2.75, 3.05) is 20.3 Å². The van der Waals surface area contributed by atoms with Crippen LogP contribution in [0.4, 0.5) is 0 Å². The number of thiocarbonyl (C=S) groups is 1. The first-order valence-corrected chi connectivity index (χ1v) is 6.75. The number of nitrogens with two attached hydrogens (primary N) is 1. The van der Waals surface area contributed by atoms with Crippen molar-refractivity contribution < 1.29 is 9.53 Å². The van der Waals surface area contributed by atoms with Crippen molar-refractivity contribution in [2.24, 2.45) is 5.73 Å². The molecular weight excluding hydrogens is 260 g/mol. The average Bonchev–Trinajstić information content (AvgIpc) is 2.46. The summed E-state index contributed by atoms with van der Waals surface area (Å²) in [5.74, 6) is 0.0291. The van der Waals surface area contributed by atoms with Gasteiger partial charge in [0, 0.05) is 37.4 Å². The molecule has 0 aliphatic carbocycles. The Hall–Kier alpha value is -1.46. The lowest BCUT2D eigenvalue weighted by atomic mass is 10.1. The summed E-state index contributed by atoms with van der Waals surface area (Å²) in [6.45, 7) is 1.45. The normalized spacial score (nSPS) is 16.1. The maximum absolute atomic E-state index is 12.3. The van der Waals surface area contributed by atoms with Crippen LogP contribution in [0.3, 0.4) is 0 Å². The zero-order valence-electron chi connectivity index (χ0n) is 11.0. The zero-order valence-corrected chi connectivity index (χ0v) is 11.8. The van der Waals surface area contributed by atoms with E-state index in [1.54, 1.807) is 29.2 Å². The van der Waals surface area contributed by atoms with Gasteiger partial charge < -0.3 is 15.4 Å². The van der Waals surface area contributed by atoms with Crippen LogP contribution in [0.2, 0.25) is 0 Å². The van der Waals surface area contributed by atoms with Gasteiger partial charge in [-0.3, -0.25) is 4.79 Å². The Morgan fingerprint density at radius 1 is 1.26 bits per heavy atom. The first-order valence-electron chi connectivity index (χ1n) is 6.34. The molecule has 1 aliphatic heterocycles. The monoisotopic (exact) mass is 278 g/mol. The van der Waals surface area contributed by atoms with Crippen molar-refractivity contribution in [3.05, 3.63) is 35.4 Å². The summed E-state index contributed by atoms with van der Waals surface area (Å²) in [6.07, 6.45) is 1.79. The van der Waals surface area contributed by atoms with Gasteiger partial charge in [0.15, 0.2) is 0 Å². The number of nitrogens with zero attached hydrogens (tertiary/aromatic N) is 1. The molecule has 1 aromatic carbocycles. The van der Waals surface area contributed by atoms with Crippen LogP contribution in [0.25, 0.3) is 0 Å². The molecule has 0 spiro atoms. The Morgan fingerprint density at radius 2 is 1.79 bits per heavy atom. The molecule has 0 atom stereocenters. The van der Waals surface area contributed by atoms with E-state index in [0.29, 0.717) is 10.6 Å². The summed E-state index contributed by atoms with van der Waals surface area (Å²) in [7, 11) is 1.85. The summed E-state index contributed by atoms with van der Waals surface area (Å²) >= 11 is 4.89. The third-order valence-electron chi connectivity index (χ3n) is 3.48. The van der Waals surface area contributed by atoms with Gasteiger partial charge in [-0.25, -0.2) is 0 Å². The van der Waals surface area contributed by atoms with E-state index in [0.717, 1.165) is 31.6 Å². The topological polar surface area (TPSA) is 55.6 Å². The van der Waals surface area contributed by atoms with Crippen molar-refractivity contribution in [1.29, 1.82) is 0 Å². The first-order chi connectivity index (χ1) is 9.09. The SMILES string of the molecule is CN(C(=O)c1ccc(C(N)=S)cc1)C1CCOCC1. The molecule has 2 rings (SSSR count). The number of rotatable bonds is 3. The second-order valence-corrected chi connectivity index (χ2v) is 5.14. The van der Waals surface area contributed by atoms with Crippen LogP contribution in [0.5, 0.6) is 0 Å². The van der Waals surface area contributed by atoms with Crippen LogP contribution < -0.4 is 5.73 Å². The highest BCUT2D eigenvalue weighted by molar-refractivity contribution is 7.80. The molecule has 4 nitrogen and oxygen atoms in total. The summed E-state index contributed by atoms with van der Waals surface area (Å²) < 4.78 is 5.31. The number of hydrogen-bond donors (Lipinski definition) is 1. The van der Waals surface area contributed by atoms with Crippen molar-refractivity contribution in [1.82, 2.24) is 4.90 Å². The minimum Gasteiger partial charge on any atom is -0.389 e. The lowest BCUT2D eigenvalue weighted by molar-refractivity contribution is 0.0362. The minimum atomic E-state index is 0.0291. The van der Waals surface area contributed by atoms with E-state index < -0.39 is 0 Å². The number of hydrogen-bond acceptors (Lipinski definition) is 3. The molecule has 0 saturated carbocycles. The van der Waals surface area contributed by atoms with Gasteiger partial charge in [-0.2, -0.15) is 0 Å². The number of ether oxygens (including phenoxy) is 1. The molecule has 1 aromatic rings. The second kappa shape index (κ2) is 6.12. The molecule has 1 aliphatic rings. The van der Waals surface area contributed by atoms with E-state index in [4.69, 9.17) is 22.7 Å². The van der Waals surface area contributed by atoms with Gasteiger partial charge in [-0.1, -0.05) is 24.4 Å². The van der Waals surface area contributed by atoms with E-state index in [9.17, 15) is 4.79 Å². The molecule has 0 aromatic heterocycles. The molecule has 0 unspecified atom stereocenters. The van der Waals surface area contributed by atoms with Gasteiger partial charge >= 0.3 is 0 Å². The molecule has 102 valence electrons. The summed E-state index contributed by atoms with van der Waals surface area (Å²) in [6, 6.07) is 7.37. The molecular formula is C14H18N2O2S. The fourth-order valence-corrected chi connectivity index (χ4v) is 2.36. The molecule has 1 fully saturated rings. The Balaban J connectivity index is 2.07. The predicted molar refractivity (Wildman–Crippen MR) is 78.3 cm³/mol. The van der Waals surface area contributed by atoms with Gasteiger partial charge in [-0.05, 0) is 25.0 Å². The fraction of sp³-hybridized carbons (Fsp3) is 0.429. The Morgan fingerprint density at radius 3 is 2.32 bits per heavy atom. The lowest BCUT2D eigenvalue weighted by Crippen LogP contribution is -2.40. The number of carbonyl (C=O) groups excluding carboxylic acids is 1. The van der Waals surface area contributed by atoms with Crippen LogP contribution in [0.1, 0.15) is 28.8 Å². The van der Waals surface area contributed by atoms with Crippen molar-refractivity contribution >= 4 is 23.1 Å². The zero-order chi connectivity index (χ0) is 13.8. The smallest absolute Gasteiger partial charge is 0.253 e. The van der Waals surface area contributed by atoms with E-state index >= 15 is 0 Å². The molecule has 2 N–H and O–H groups in total. The van der Waals surface area contributed by atoms with Crippen molar-refractivity contribution in [2.45, 2.75) is 18.9 Å². The molecule has 1 amide bonds. The Bertz CT molecular complexity index is 467. The summed E-state index contributed by atoms with van der Waals surface area (Å²) in [5, 5.41) is 0. The number of carbonyl (C=O) groups is 1. The maximum Gasteiger partial charge on any atom is 0.253 e. The highest BCUT2D eigenvalue weighted by atomic mass is 32.1. The van der Waals surface area contributed by atoms with Gasteiger partial charge in [0.1, 0.15) is 4.99 Å². The minimum absolute atomic E-state index is 0.0291. The average molecular weight is 278 g/mol. The fourth-order valence-electron chi connectivity index (χ4n) is 2.22. The van der Waals surface area contributed by atoms with Gasteiger partial charge in [0.2, 0.25) is 0 Å². The van der Waals surface area contributed by atoms with Crippen molar-refractivity contribution in [3.8, 4) is 0 Å². The van der Waals surface area contributed by atoms with Gasteiger partial charge in [0.25, 0.3) is 5.91 Å². The van der Waals surface area contributed by atoms with Gasteiger partial charge in [0.05, 0.1) is 0 Å². The van der Waals surface area contributed by atoms with E-state index in [-0.39, 0.29) is 11.9 Å². The van der Waals surface area contributed by atoms with Crippen LogP contribution in [0.15, 0.2) is 24.3 Å². The van der Waals surface area contributed by atoms with Crippen molar-refractivity contribution in [3.63, 3.8) is 0 Å². The number of benzene rings is 1. The highest BCUT2D eigenvalue weighted by Crippen LogP contribution is 2.16. The largest absolute Gasteiger partial charge is 0.389 e. The van der Waals surface area contributed by atoms with Crippen LogP contribution in [0, 0.1) is 0 Å². The Labute approximate surface area is 118 Å². The highest BCUT2D eigenvalue weighted by Gasteiger charge is 2.23. The standard InChI is InChI=1S/C14H18N2O2S/c1-16(12-6-8-18-9-7-12)14(17)11-4-2-10(3-5-11)13(15)19/h2-5,12H,6-9H2,1H3,(H2,15,19). The van der Waals surface area contributed by atoms with Gasteiger partial charge in [-0.15, -0.1) is 0 Å². The molecule has 19 heavy (non-hydrogen) atoms. The molecule has 5 heteroatoms. The van der Waals surface area contributed by atoms with Crippen LogP contribution in [-0.4, -0.2) is 42.1 Å². The third kappa shape index (κ3) is 3.30. The molecule has 0 bridgehead atoms. The van der Waals surface area contributed by atoms with E-state index in [2.05, 4.69) is 0 Å². The number of amides is 1. The predicted octanol–water partition coefficient (Wildman–Crippen LogP) is 1.57. The van der Waals surface area contributed by atoms with Crippen LogP contribution >= 0.6 is 12.2 Å². The quantitative estimate of drug-likeness (QED) is 0.853. The maximum atomic E-state index is 12.3. The molecule has 0 radical (unpaired) electrons. The van der Waals surface area contributed by atoms with E-state index in [1.165, 1.54) is 0 Å². The molecule has 1 heterocycles. The van der Waals surface area contributed by atoms with Crippen LogP contribution in [-0.2, 0) is 4.74 Å². The first kappa shape index (κ1) is 14.0. The Kier molecular flexibility index (Phi) is 4.50. The second-order valence-electron chi connectivity index (χ2n) is 4.70. The van der Waals surface area contributed by atoms with E-state index in [1.807, 2.05) is 7.05 Å². The summed E-state index contributed by atoms with van der Waals surface area (Å²) in [4.78, 5) is 14.5.